The van der Waals surface area contributed by atoms with E-state index < -0.39 is 34.8 Å². The standard InChI is InChI=1S/C20H20F5N3O/c1-2-3-14(29)26-12-4-6-13(7-5-12)27-8-10-28(11-9-27)20-18(24)16(22)15(21)17(23)19(20)25/h4-7H,2-3,8-11H2,1H3,(H,26,29). The molecule has 0 spiro atoms. The summed E-state index contributed by atoms with van der Waals surface area (Å²) >= 11 is 0. The SMILES string of the molecule is CCCC(=O)Nc1ccc(N2CCN(c3c(F)c(F)c(F)c(F)c3F)CC2)cc1. The topological polar surface area (TPSA) is 35.6 Å². The van der Waals surface area contributed by atoms with Gasteiger partial charge in [-0.3, -0.25) is 4.79 Å². The van der Waals surface area contributed by atoms with Gasteiger partial charge in [0.2, 0.25) is 11.7 Å². The van der Waals surface area contributed by atoms with Crippen molar-refractivity contribution in [1.82, 2.24) is 0 Å². The van der Waals surface area contributed by atoms with E-state index in [1.165, 1.54) is 0 Å². The maximum absolute atomic E-state index is 14.0. The second-order valence-electron chi connectivity index (χ2n) is 6.74. The average Bonchev–Trinajstić information content (AvgIpc) is 2.72. The van der Waals surface area contributed by atoms with Gasteiger partial charge in [-0.05, 0) is 30.7 Å². The summed E-state index contributed by atoms with van der Waals surface area (Å²) in [6.45, 7) is 2.76. The van der Waals surface area contributed by atoms with Crippen molar-refractivity contribution >= 4 is 23.0 Å². The molecule has 1 N–H and O–H groups in total. The lowest BCUT2D eigenvalue weighted by Crippen LogP contribution is -2.47. The van der Waals surface area contributed by atoms with E-state index >= 15 is 0 Å². The fourth-order valence-corrected chi connectivity index (χ4v) is 3.27. The van der Waals surface area contributed by atoms with E-state index in [1.54, 1.807) is 24.3 Å². The number of anilines is 3. The van der Waals surface area contributed by atoms with Gasteiger partial charge in [-0.15, -0.1) is 0 Å². The third-order valence-corrected chi connectivity index (χ3v) is 4.78. The van der Waals surface area contributed by atoms with E-state index in [0.717, 1.165) is 17.0 Å². The van der Waals surface area contributed by atoms with Crippen molar-refractivity contribution in [1.29, 1.82) is 0 Å². The number of hydrogen-bond acceptors (Lipinski definition) is 3. The Morgan fingerprint density at radius 2 is 1.31 bits per heavy atom. The molecule has 0 radical (unpaired) electrons. The Balaban J connectivity index is 1.68. The normalized spacial score (nSPS) is 14.3. The van der Waals surface area contributed by atoms with Gasteiger partial charge in [-0.25, -0.2) is 22.0 Å². The molecule has 1 fully saturated rings. The van der Waals surface area contributed by atoms with Crippen LogP contribution in [-0.4, -0.2) is 32.1 Å². The van der Waals surface area contributed by atoms with E-state index in [9.17, 15) is 26.7 Å². The van der Waals surface area contributed by atoms with Crippen LogP contribution in [0.4, 0.5) is 39.0 Å². The zero-order chi connectivity index (χ0) is 21.1. The van der Waals surface area contributed by atoms with Crippen LogP contribution in [0.5, 0.6) is 0 Å². The van der Waals surface area contributed by atoms with E-state index in [0.29, 0.717) is 25.2 Å². The van der Waals surface area contributed by atoms with Gasteiger partial charge < -0.3 is 15.1 Å². The molecule has 0 aliphatic carbocycles. The van der Waals surface area contributed by atoms with Crippen LogP contribution in [0.25, 0.3) is 0 Å². The maximum atomic E-state index is 14.0. The summed E-state index contributed by atoms with van der Waals surface area (Å²) in [5.41, 5.74) is 0.595. The molecule has 1 amide bonds. The molecule has 0 atom stereocenters. The fourth-order valence-electron chi connectivity index (χ4n) is 3.27. The number of nitrogens with zero attached hydrogens (tertiary/aromatic N) is 2. The fraction of sp³-hybridized carbons (Fsp3) is 0.350. The molecule has 0 bridgehead atoms. The highest BCUT2D eigenvalue weighted by Gasteiger charge is 2.30. The van der Waals surface area contributed by atoms with E-state index in [4.69, 9.17) is 0 Å². The number of piperazine rings is 1. The Labute approximate surface area is 164 Å². The van der Waals surface area contributed by atoms with Gasteiger partial charge in [0.05, 0.1) is 0 Å². The molecular weight excluding hydrogens is 393 g/mol. The van der Waals surface area contributed by atoms with Crippen LogP contribution in [0.15, 0.2) is 24.3 Å². The number of rotatable bonds is 5. The van der Waals surface area contributed by atoms with Gasteiger partial charge in [0, 0.05) is 44.0 Å². The van der Waals surface area contributed by atoms with Crippen molar-refractivity contribution in [3.8, 4) is 0 Å². The lowest BCUT2D eigenvalue weighted by Gasteiger charge is -2.37. The monoisotopic (exact) mass is 413 g/mol. The van der Waals surface area contributed by atoms with Crippen LogP contribution in [0.3, 0.4) is 0 Å². The third kappa shape index (κ3) is 4.28. The van der Waals surface area contributed by atoms with E-state index in [-0.39, 0.29) is 19.0 Å². The van der Waals surface area contributed by atoms with E-state index in [2.05, 4.69) is 5.32 Å². The summed E-state index contributed by atoms with van der Waals surface area (Å²) in [4.78, 5) is 14.7. The third-order valence-electron chi connectivity index (χ3n) is 4.78. The molecule has 29 heavy (non-hydrogen) atoms. The molecule has 1 aliphatic heterocycles. The number of benzene rings is 2. The number of nitrogens with one attached hydrogen (secondary N) is 1. The molecule has 0 unspecified atom stereocenters. The molecule has 1 saturated heterocycles. The highest BCUT2D eigenvalue weighted by Crippen LogP contribution is 2.31. The van der Waals surface area contributed by atoms with Gasteiger partial charge in [-0.2, -0.15) is 0 Å². The van der Waals surface area contributed by atoms with Crippen molar-refractivity contribution in [2.45, 2.75) is 19.8 Å². The zero-order valence-electron chi connectivity index (χ0n) is 15.7. The lowest BCUT2D eigenvalue weighted by atomic mass is 10.2. The summed E-state index contributed by atoms with van der Waals surface area (Å²) in [6, 6.07) is 7.10. The van der Waals surface area contributed by atoms with Crippen LogP contribution in [0.2, 0.25) is 0 Å². The number of carbonyl (C=O) groups excluding carboxylic acids is 1. The Bertz CT molecular complexity index is 867. The van der Waals surface area contributed by atoms with Crippen LogP contribution < -0.4 is 15.1 Å². The minimum atomic E-state index is -2.16. The summed E-state index contributed by atoms with van der Waals surface area (Å²) in [6.07, 6.45) is 1.18. The van der Waals surface area contributed by atoms with Crippen LogP contribution >= 0.6 is 0 Å². The molecular formula is C20H20F5N3O. The lowest BCUT2D eigenvalue weighted by molar-refractivity contribution is -0.116. The first kappa shape index (κ1) is 20.9. The number of halogens is 5. The molecule has 0 aromatic heterocycles. The van der Waals surface area contributed by atoms with Crippen LogP contribution in [0.1, 0.15) is 19.8 Å². The molecule has 1 aliphatic rings. The molecule has 0 saturated carbocycles. The van der Waals surface area contributed by atoms with Crippen molar-refractivity contribution < 1.29 is 26.7 Å². The Morgan fingerprint density at radius 3 is 1.83 bits per heavy atom. The van der Waals surface area contributed by atoms with Gasteiger partial charge in [-0.1, -0.05) is 6.92 Å². The second-order valence-corrected chi connectivity index (χ2v) is 6.74. The van der Waals surface area contributed by atoms with Crippen LogP contribution in [-0.2, 0) is 4.79 Å². The van der Waals surface area contributed by atoms with Gasteiger partial charge >= 0.3 is 0 Å². The van der Waals surface area contributed by atoms with Gasteiger partial charge in [0.1, 0.15) is 5.69 Å². The molecule has 2 aromatic carbocycles. The number of hydrogen-bond donors (Lipinski definition) is 1. The van der Waals surface area contributed by atoms with Gasteiger partial charge in [0.25, 0.3) is 0 Å². The highest BCUT2D eigenvalue weighted by molar-refractivity contribution is 5.90. The summed E-state index contributed by atoms with van der Waals surface area (Å²) in [7, 11) is 0. The first-order valence-electron chi connectivity index (χ1n) is 9.24. The highest BCUT2D eigenvalue weighted by atomic mass is 19.2. The Hall–Kier alpha value is -2.84. The van der Waals surface area contributed by atoms with E-state index in [1.807, 2.05) is 11.8 Å². The molecule has 3 rings (SSSR count). The molecule has 1 heterocycles. The minimum Gasteiger partial charge on any atom is -0.368 e. The van der Waals surface area contributed by atoms with Gasteiger partial charge in [0.15, 0.2) is 23.3 Å². The molecule has 4 nitrogen and oxygen atoms in total. The van der Waals surface area contributed by atoms with Crippen LogP contribution in [0, 0.1) is 29.1 Å². The van der Waals surface area contributed by atoms with Crippen molar-refractivity contribution in [2.75, 3.05) is 41.3 Å². The summed E-state index contributed by atoms with van der Waals surface area (Å²) in [5.74, 6) is -9.75. The second kappa shape index (κ2) is 8.67. The van der Waals surface area contributed by atoms with Crippen molar-refractivity contribution in [3.63, 3.8) is 0 Å². The smallest absolute Gasteiger partial charge is 0.224 e. The first-order chi connectivity index (χ1) is 13.8. The maximum Gasteiger partial charge on any atom is 0.224 e. The van der Waals surface area contributed by atoms with Crippen molar-refractivity contribution in [3.05, 3.63) is 53.4 Å². The summed E-state index contributed by atoms with van der Waals surface area (Å²) < 4.78 is 68.1. The predicted octanol–water partition coefficient (Wildman–Crippen LogP) is 4.45. The summed E-state index contributed by atoms with van der Waals surface area (Å²) in [5, 5.41) is 2.78. The first-order valence-corrected chi connectivity index (χ1v) is 9.24. The number of amides is 1. The molecule has 9 heteroatoms. The zero-order valence-corrected chi connectivity index (χ0v) is 15.7. The van der Waals surface area contributed by atoms with Crippen molar-refractivity contribution in [2.24, 2.45) is 0 Å². The molecule has 156 valence electrons. The molecule has 2 aromatic rings. The average molecular weight is 413 g/mol. The Kier molecular flexibility index (Phi) is 6.24. The predicted molar refractivity (Wildman–Crippen MR) is 101 cm³/mol. The quantitative estimate of drug-likeness (QED) is 0.447. The minimum absolute atomic E-state index is 0.0725. The largest absolute Gasteiger partial charge is 0.368 e. The number of carbonyl (C=O) groups is 1. The Morgan fingerprint density at radius 1 is 0.828 bits per heavy atom.